The minimum atomic E-state index is -1.06. The van der Waals surface area contributed by atoms with Gasteiger partial charge in [0, 0.05) is 143 Å². The first-order valence-electron chi connectivity index (χ1n) is 37.3. The molecule has 4 atom stereocenters. The zero-order chi connectivity index (χ0) is 84.6. The topological polar surface area (TPSA) is 338 Å². The summed E-state index contributed by atoms with van der Waals surface area (Å²) >= 11 is 23.9. The van der Waals surface area contributed by atoms with E-state index in [4.69, 9.17) is 105 Å². The number of benzene rings is 3. The Morgan fingerprint density at radius 1 is 0.513 bits per heavy atom. The second-order valence-corrected chi connectivity index (χ2v) is 31.7. The van der Waals surface area contributed by atoms with Crippen LogP contribution in [0.4, 0.5) is 28.8 Å². The fourth-order valence-electron chi connectivity index (χ4n) is 9.49. The maximum Gasteiger partial charge on any atom is 0.519 e. The predicted octanol–water partition coefficient (Wildman–Crippen LogP) is 14.7. The van der Waals surface area contributed by atoms with Gasteiger partial charge in [-0.1, -0.05) is 110 Å². The molecule has 4 aliphatic rings. The minimum absolute atomic E-state index is 0. The number of hydrogen-bond donors (Lipinski definition) is 6. The van der Waals surface area contributed by atoms with Crippen LogP contribution in [0.5, 0.6) is 0 Å². The molecule has 29 nitrogen and oxygen atoms in total. The SMILES string of the molecule is CC(C)(C)OC(=O)NC[C@H]1CN(C(=O)OCc2ccccc2)CCO1.CC(C)(C)OC(=O)NC[C@H]1CN(Cc2ccc(Cl)c(Cl)c2)CCO1.CC(C)(C)OC(=O)NC[C@H]1CNCCO1.CC(C)(C)OC(=O)OC(=O)OC(C)(C)C.CCN(CC)CC.CCOC(C)=O.CO.NC[C@H]1CN(Cc2ccc(Cl)c(Cl)c2)CCO1.[CH3-].[CH3-].[HH].[HH].[Pd].[Pd]. The Bertz CT molecular complexity index is 3110. The number of hydrogen-bond acceptors (Lipinski definition) is 25. The van der Waals surface area contributed by atoms with Gasteiger partial charge in [-0.3, -0.25) is 14.6 Å². The molecule has 4 fully saturated rings. The smallest absolute Gasteiger partial charge is 0.466 e. The molecule has 0 saturated carbocycles. The summed E-state index contributed by atoms with van der Waals surface area (Å²) in [5.74, 6) is -0.211. The number of alkyl carbamates (subject to hydrolysis) is 3. The number of halogens is 4. The quantitative estimate of drug-likeness (QED) is 0.0240. The molecule has 4 heterocycles. The molecule has 7 N–H and O–H groups in total. The third-order valence-electron chi connectivity index (χ3n) is 14.3. The molecule has 7 rings (SSSR count). The summed E-state index contributed by atoms with van der Waals surface area (Å²) in [5, 5.41) is 20.6. The maximum absolute atomic E-state index is 12.2. The second-order valence-electron chi connectivity index (χ2n) is 30.1. The van der Waals surface area contributed by atoms with Gasteiger partial charge in [0.1, 0.15) is 34.6 Å². The summed E-state index contributed by atoms with van der Waals surface area (Å²) in [4.78, 5) is 87.3. The van der Waals surface area contributed by atoms with Crippen molar-refractivity contribution in [2.24, 2.45) is 5.73 Å². The second kappa shape index (κ2) is 64.0. The Hall–Kier alpha value is -4.97. The zero-order valence-electron chi connectivity index (χ0n) is 72.1. The van der Waals surface area contributed by atoms with Crippen molar-refractivity contribution in [3.63, 3.8) is 0 Å². The first kappa shape index (κ1) is 119. The molecule has 35 heteroatoms. The van der Waals surface area contributed by atoms with E-state index < -0.39 is 58.6 Å². The van der Waals surface area contributed by atoms with E-state index in [2.05, 4.69) is 66.2 Å². The van der Waals surface area contributed by atoms with Gasteiger partial charge in [0.2, 0.25) is 0 Å². The van der Waals surface area contributed by atoms with Crippen molar-refractivity contribution >= 4 is 89.1 Å². The van der Waals surface area contributed by atoms with Crippen LogP contribution >= 0.6 is 46.4 Å². The Balaban J connectivity index is -0.000000247. The minimum Gasteiger partial charge on any atom is -0.466 e. The van der Waals surface area contributed by atoms with Crippen molar-refractivity contribution < 1.29 is 139 Å². The number of morpholine rings is 4. The number of rotatable bonds is 17. The molecule has 0 unspecified atom stereocenters. The van der Waals surface area contributed by atoms with E-state index in [1.807, 2.05) is 102 Å². The molecule has 0 aromatic heterocycles. The molecule has 0 radical (unpaired) electrons. The number of ether oxygens (including phenoxy) is 12. The van der Waals surface area contributed by atoms with Gasteiger partial charge < -0.3 is 114 Å². The summed E-state index contributed by atoms with van der Waals surface area (Å²) in [6.07, 6.45) is -3.97. The van der Waals surface area contributed by atoms with Crippen LogP contribution in [0, 0.1) is 14.9 Å². The molecule has 676 valence electrons. The Morgan fingerprint density at radius 2 is 0.887 bits per heavy atom. The number of aliphatic hydroxyl groups excluding tert-OH is 1. The van der Waals surface area contributed by atoms with Crippen molar-refractivity contribution in [3.8, 4) is 0 Å². The number of esters is 1. The van der Waals surface area contributed by atoms with Gasteiger partial charge in [-0.05, 0) is 171 Å². The van der Waals surface area contributed by atoms with Crippen LogP contribution in [0.2, 0.25) is 20.1 Å². The number of nitrogens with zero attached hydrogens (tertiary/aromatic N) is 4. The van der Waals surface area contributed by atoms with Crippen molar-refractivity contribution in [2.75, 3.05) is 138 Å². The van der Waals surface area contributed by atoms with Crippen molar-refractivity contribution in [3.05, 3.63) is 118 Å². The number of carbonyl (C=O) groups excluding carboxylic acids is 7. The third kappa shape index (κ3) is 64.6. The Morgan fingerprint density at radius 3 is 1.23 bits per heavy atom. The van der Waals surface area contributed by atoms with E-state index in [-0.39, 0.29) is 108 Å². The Kier molecular flexibility index (Phi) is 66.0. The van der Waals surface area contributed by atoms with Crippen LogP contribution < -0.4 is 27.0 Å². The maximum atomic E-state index is 12.2. The summed E-state index contributed by atoms with van der Waals surface area (Å²) in [6, 6.07) is 20.9. The van der Waals surface area contributed by atoms with Crippen LogP contribution in [0.15, 0.2) is 66.7 Å². The molecule has 0 bridgehead atoms. The summed E-state index contributed by atoms with van der Waals surface area (Å²) in [6.45, 7) is 52.2. The van der Waals surface area contributed by atoms with Crippen LogP contribution in [0.1, 0.15) is 158 Å². The number of amides is 4. The van der Waals surface area contributed by atoms with E-state index in [0.717, 1.165) is 82.8 Å². The zero-order valence-corrected chi connectivity index (χ0v) is 78.3. The van der Waals surface area contributed by atoms with E-state index >= 15 is 0 Å². The molecule has 0 spiro atoms. The van der Waals surface area contributed by atoms with Crippen molar-refractivity contribution in [1.29, 1.82) is 0 Å². The van der Waals surface area contributed by atoms with Crippen LogP contribution in [0.3, 0.4) is 0 Å². The van der Waals surface area contributed by atoms with Crippen molar-refractivity contribution in [2.45, 2.75) is 211 Å². The average molecular weight is 1900 g/mol. The van der Waals surface area contributed by atoms with Crippen LogP contribution in [0.25, 0.3) is 0 Å². The molecule has 115 heavy (non-hydrogen) atoms. The summed E-state index contributed by atoms with van der Waals surface area (Å²) in [5.41, 5.74) is 5.92. The summed E-state index contributed by atoms with van der Waals surface area (Å²) < 4.78 is 61.3. The van der Waals surface area contributed by atoms with Crippen LogP contribution in [-0.2, 0) is 122 Å². The number of carbonyl (C=O) groups is 7. The number of nitrogens with one attached hydrogen (secondary N) is 4. The molecule has 3 aromatic carbocycles. The van der Waals surface area contributed by atoms with Gasteiger partial charge in [0.25, 0.3) is 0 Å². The predicted molar refractivity (Wildman–Crippen MR) is 450 cm³/mol. The third-order valence-corrected chi connectivity index (χ3v) is 15.8. The first-order chi connectivity index (χ1) is 51.8. The van der Waals surface area contributed by atoms with Gasteiger partial charge in [-0.2, -0.15) is 0 Å². The van der Waals surface area contributed by atoms with Gasteiger partial charge in [-0.25, -0.2) is 28.8 Å². The number of aliphatic hydroxyl groups is 1. The molecule has 4 aliphatic heterocycles. The molecular formula is C80H141Cl4N9O20Pd2-2. The number of nitrogens with two attached hydrogens (primary N) is 1. The largest absolute Gasteiger partial charge is 0.519 e. The monoisotopic (exact) mass is 1900 g/mol. The molecule has 3 aromatic rings. The molecular weight excluding hydrogens is 1760 g/mol. The fraction of sp³-hybridized carbons (Fsp3) is 0.662. The van der Waals surface area contributed by atoms with E-state index in [1.54, 1.807) is 80.2 Å². The van der Waals surface area contributed by atoms with Crippen molar-refractivity contribution in [1.82, 2.24) is 40.9 Å². The first-order valence-corrected chi connectivity index (χ1v) is 38.8. The van der Waals surface area contributed by atoms with Gasteiger partial charge >= 0.3 is 42.7 Å². The molecule has 4 saturated heterocycles. The molecule has 4 amide bonds. The molecule has 0 aliphatic carbocycles. The van der Waals surface area contributed by atoms with E-state index in [0.29, 0.717) is 79.2 Å². The van der Waals surface area contributed by atoms with Gasteiger partial charge in [0.15, 0.2) is 0 Å². The fourth-order valence-corrected chi connectivity index (χ4v) is 10.1. The standard InChI is InChI=1S/C18H26N2O5.C17H24Cl2N2O3.C12H16Cl2N2O.C10H20N2O3.C10H18O5.C6H15N.C4H8O2.CH4O.2CH3.2Pd.2H2/c1-18(2,3)25-16(21)19-11-15-12-20(9-10-23-15)17(22)24-13-14-7-5-4-6-8-14;1-17(2,3)24-16(22)20-9-13-11-21(6-7-23-13)10-12-4-5-14(18)15(19)8-12;13-11-2-1-9(5-12(11)14)7-16-3-4-17-10(6-15)8-16;1-10(2,3)15-9(13)12-7-8-6-11-4-5-14-8;1-9(2,3)14-7(11)13-8(12)15-10(4,5)6;1-4-7(5-2)6-3;1-3-6-4(2)5;1-2;;;;;;/h4-8,15H,9-13H2,1-3H3,(H,19,21);4-5,8,13H,6-7,9-11H2,1-3H3,(H,20,22);1-2,5,10H,3-4,6-8,15H2;8,11H,4-7H2,1-3H3,(H,12,13);1-6H3;4-6H2,1-3H3;3H2,1-2H3;2H,1H3;2*1H3;;;2*1H/q;;;;;;;;2*-1;;;;/t15-;13-;10-;8-;;;;;;;;;;/m0001........../s1. The van der Waals surface area contributed by atoms with Gasteiger partial charge in [-0.15, -0.1) is 0 Å². The van der Waals surface area contributed by atoms with E-state index in [9.17, 15) is 33.6 Å². The summed E-state index contributed by atoms with van der Waals surface area (Å²) in [7, 11) is 1.00. The van der Waals surface area contributed by atoms with Gasteiger partial charge in [0.05, 0.1) is 84.1 Å². The van der Waals surface area contributed by atoms with Crippen LogP contribution in [-0.4, -0.2) is 258 Å². The Labute approximate surface area is 737 Å². The normalized spacial score (nSPS) is 16.6. The average Bonchev–Trinajstić information content (AvgIpc) is 0.867. The van der Waals surface area contributed by atoms with E-state index in [1.165, 1.54) is 26.6 Å².